The highest BCUT2D eigenvalue weighted by Gasteiger charge is 2.19. The molecule has 0 bridgehead atoms. The lowest BCUT2D eigenvalue weighted by atomic mass is 10.3. The standard InChI is InChI=1S/C11H8ClNO5S2/c12-8-3-6(1-2-9(8)14)13-20(17,18)7-4-10(11(15)16)19-5-7/h1-5,13-14H,(H,15,16). The smallest absolute Gasteiger partial charge is 0.345 e. The number of hydrogen-bond donors (Lipinski definition) is 3. The second-order valence-electron chi connectivity index (χ2n) is 3.72. The predicted octanol–water partition coefficient (Wildman–Crippen LogP) is 2.61. The molecule has 1 aromatic carbocycles. The molecule has 0 aliphatic heterocycles. The normalized spacial score (nSPS) is 11.2. The number of carboxylic acid groups (broad SMARTS) is 1. The van der Waals surface area contributed by atoms with Crippen molar-refractivity contribution in [3.05, 3.63) is 39.5 Å². The Bertz CT molecular complexity index is 769. The molecule has 106 valence electrons. The summed E-state index contributed by atoms with van der Waals surface area (Å²) in [6, 6.07) is 4.90. The number of thiophene rings is 1. The number of halogens is 1. The van der Waals surface area contributed by atoms with Crippen LogP contribution in [-0.2, 0) is 10.0 Å². The summed E-state index contributed by atoms with van der Waals surface area (Å²) in [6.07, 6.45) is 0. The molecule has 0 radical (unpaired) electrons. The van der Waals surface area contributed by atoms with Gasteiger partial charge < -0.3 is 10.2 Å². The van der Waals surface area contributed by atoms with Gasteiger partial charge in [-0.25, -0.2) is 13.2 Å². The van der Waals surface area contributed by atoms with E-state index in [0.29, 0.717) is 0 Å². The van der Waals surface area contributed by atoms with Crippen LogP contribution in [0.25, 0.3) is 0 Å². The molecule has 0 spiro atoms. The fourth-order valence-corrected chi connectivity index (χ4v) is 3.70. The summed E-state index contributed by atoms with van der Waals surface area (Å²) in [6.45, 7) is 0. The van der Waals surface area contributed by atoms with Gasteiger partial charge in [0.15, 0.2) is 0 Å². The van der Waals surface area contributed by atoms with Gasteiger partial charge in [-0.05, 0) is 24.3 Å². The number of hydrogen-bond acceptors (Lipinski definition) is 5. The van der Waals surface area contributed by atoms with Crippen molar-refractivity contribution < 1.29 is 23.4 Å². The van der Waals surface area contributed by atoms with Crippen molar-refractivity contribution in [3.63, 3.8) is 0 Å². The predicted molar refractivity (Wildman–Crippen MR) is 75.2 cm³/mol. The molecule has 9 heteroatoms. The maximum Gasteiger partial charge on any atom is 0.345 e. The Hall–Kier alpha value is -1.77. The van der Waals surface area contributed by atoms with Crippen LogP contribution in [0.1, 0.15) is 9.67 Å². The first kappa shape index (κ1) is 14.6. The van der Waals surface area contributed by atoms with Gasteiger partial charge in [-0.2, -0.15) is 0 Å². The van der Waals surface area contributed by atoms with Crippen molar-refractivity contribution in [3.8, 4) is 5.75 Å². The summed E-state index contributed by atoms with van der Waals surface area (Å²) in [7, 11) is -3.90. The molecule has 0 saturated carbocycles. The van der Waals surface area contributed by atoms with Crippen LogP contribution in [0, 0.1) is 0 Å². The maximum absolute atomic E-state index is 12.0. The van der Waals surface area contributed by atoms with Crippen LogP contribution in [0.15, 0.2) is 34.5 Å². The average molecular weight is 334 g/mol. The molecule has 0 fully saturated rings. The van der Waals surface area contributed by atoms with Crippen molar-refractivity contribution in [2.24, 2.45) is 0 Å². The Morgan fingerprint density at radius 3 is 2.55 bits per heavy atom. The number of aromatic hydroxyl groups is 1. The Kier molecular flexibility index (Phi) is 3.89. The number of sulfonamides is 1. The van der Waals surface area contributed by atoms with E-state index in [1.165, 1.54) is 23.6 Å². The third-order valence-electron chi connectivity index (χ3n) is 2.30. The van der Waals surface area contributed by atoms with Gasteiger partial charge in [-0.15, -0.1) is 11.3 Å². The molecule has 3 N–H and O–H groups in total. The Balaban J connectivity index is 2.30. The lowest BCUT2D eigenvalue weighted by Crippen LogP contribution is -2.12. The van der Waals surface area contributed by atoms with Gasteiger partial charge >= 0.3 is 5.97 Å². The van der Waals surface area contributed by atoms with Gasteiger partial charge in [-0.1, -0.05) is 11.6 Å². The van der Waals surface area contributed by atoms with Gasteiger partial charge in [0, 0.05) is 5.38 Å². The summed E-state index contributed by atoms with van der Waals surface area (Å²) in [5.74, 6) is -1.36. The molecular formula is C11H8ClNO5S2. The molecule has 0 aliphatic carbocycles. The van der Waals surface area contributed by atoms with Crippen LogP contribution in [0.3, 0.4) is 0 Å². The van der Waals surface area contributed by atoms with Crippen LogP contribution in [0.2, 0.25) is 5.02 Å². The molecule has 0 saturated heterocycles. The van der Waals surface area contributed by atoms with E-state index in [-0.39, 0.29) is 26.2 Å². The molecule has 1 aromatic heterocycles. The van der Waals surface area contributed by atoms with E-state index >= 15 is 0 Å². The van der Waals surface area contributed by atoms with Crippen LogP contribution in [0.5, 0.6) is 5.75 Å². The van der Waals surface area contributed by atoms with Gasteiger partial charge in [0.25, 0.3) is 10.0 Å². The summed E-state index contributed by atoms with van der Waals surface area (Å²) >= 11 is 6.49. The second kappa shape index (κ2) is 5.31. The topological polar surface area (TPSA) is 104 Å². The molecule has 0 amide bonds. The quantitative estimate of drug-likeness (QED) is 0.746. The Morgan fingerprint density at radius 2 is 2.00 bits per heavy atom. The zero-order valence-corrected chi connectivity index (χ0v) is 12.1. The van der Waals surface area contributed by atoms with E-state index in [2.05, 4.69) is 4.72 Å². The molecule has 0 atom stereocenters. The number of benzene rings is 1. The van der Waals surface area contributed by atoms with Gasteiger partial charge in [0.05, 0.1) is 15.6 Å². The molecule has 2 aromatic rings. The summed E-state index contributed by atoms with van der Waals surface area (Å²) in [5, 5.41) is 19.3. The van der Waals surface area contributed by atoms with Crippen molar-refractivity contribution in [2.75, 3.05) is 4.72 Å². The summed E-state index contributed by atoms with van der Waals surface area (Å²) in [5.41, 5.74) is 0.163. The summed E-state index contributed by atoms with van der Waals surface area (Å²) in [4.78, 5) is 10.5. The fraction of sp³-hybridized carbons (Fsp3) is 0. The van der Waals surface area contributed by atoms with Gasteiger partial charge in [0.1, 0.15) is 10.6 Å². The third kappa shape index (κ3) is 3.03. The summed E-state index contributed by atoms with van der Waals surface area (Å²) < 4.78 is 26.3. The van der Waals surface area contributed by atoms with Crippen LogP contribution < -0.4 is 4.72 Å². The molecule has 20 heavy (non-hydrogen) atoms. The first-order chi connectivity index (χ1) is 9.29. The van der Waals surface area contributed by atoms with Crippen LogP contribution in [-0.4, -0.2) is 24.6 Å². The second-order valence-corrected chi connectivity index (χ2v) is 6.72. The highest BCUT2D eigenvalue weighted by molar-refractivity contribution is 7.92. The number of anilines is 1. The van der Waals surface area contributed by atoms with Crippen molar-refractivity contribution in [1.82, 2.24) is 0 Å². The minimum absolute atomic E-state index is 0.00161. The number of nitrogens with one attached hydrogen (secondary N) is 1. The molecule has 0 unspecified atom stereocenters. The highest BCUT2D eigenvalue weighted by atomic mass is 35.5. The van der Waals surface area contributed by atoms with E-state index in [1.807, 2.05) is 0 Å². The van der Waals surface area contributed by atoms with Gasteiger partial charge in [0.2, 0.25) is 0 Å². The fourth-order valence-electron chi connectivity index (χ4n) is 1.36. The molecule has 0 aliphatic rings. The van der Waals surface area contributed by atoms with E-state index < -0.39 is 16.0 Å². The van der Waals surface area contributed by atoms with Gasteiger partial charge in [-0.3, -0.25) is 4.72 Å². The molecule has 1 heterocycles. The minimum Gasteiger partial charge on any atom is -0.506 e. The van der Waals surface area contributed by atoms with E-state index in [9.17, 15) is 18.3 Å². The maximum atomic E-state index is 12.0. The first-order valence-electron chi connectivity index (χ1n) is 5.13. The average Bonchev–Trinajstić information content (AvgIpc) is 2.84. The number of phenols is 1. The lowest BCUT2D eigenvalue weighted by molar-refractivity contribution is 0.0702. The number of carbonyl (C=O) groups is 1. The first-order valence-corrected chi connectivity index (χ1v) is 7.87. The number of aromatic carboxylic acids is 1. The van der Waals surface area contributed by atoms with Crippen molar-refractivity contribution in [2.45, 2.75) is 4.90 Å². The van der Waals surface area contributed by atoms with Crippen LogP contribution in [0.4, 0.5) is 5.69 Å². The van der Waals surface area contributed by atoms with Crippen LogP contribution >= 0.6 is 22.9 Å². The molecule has 2 rings (SSSR count). The highest BCUT2D eigenvalue weighted by Crippen LogP contribution is 2.28. The number of carboxylic acids is 1. The Morgan fingerprint density at radius 1 is 1.30 bits per heavy atom. The number of rotatable bonds is 4. The van der Waals surface area contributed by atoms with Crippen molar-refractivity contribution >= 4 is 44.6 Å². The largest absolute Gasteiger partial charge is 0.506 e. The Labute approximate surface area is 123 Å². The van der Waals surface area contributed by atoms with E-state index in [1.54, 1.807) is 0 Å². The molecule has 6 nitrogen and oxygen atoms in total. The van der Waals surface area contributed by atoms with E-state index in [0.717, 1.165) is 17.4 Å². The minimum atomic E-state index is -3.90. The zero-order valence-electron chi connectivity index (χ0n) is 9.70. The molecular weight excluding hydrogens is 326 g/mol. The number of phenolic OH excluding ortho intramolecular Hbond substituents is 1. The SMILES string of the molecule is O=C(O)c1cc(S(=O)(=O)Nc2ccc(O)c(Cl)c2)cs1. The lowest BCUT2D eigenvalue weighted by Gasteiger charge is -2.07. The van der Waals surface area contributed by atoms with Crippen molar-refractivity contribution in [1.29, 1.82) is 0 Å². The van der Waals surface area contributed by atoms with E-state index in [4.69, 9.17) is 16.7 Å². The monoisotopic (exact) mass is 333 g/mol. The zero-order chi connectivity index (χ0) is 14.9. The third-order valence-corrected chi connectivity index (χ3v) is 5.03.